The van der Waals surface area contributed by atoms with Crippen molar-refractivity contribution in [1.29, 1.82) is 0 Å². The van der Waals surface area contributed by atoms with Gasteiger partial charge < -0.3 is 4.74 Å². The molecule has 0 radical (unpaired) electrons. The van der Waals surface area contributed by atoms with Gasteiger partial charge in [-0.15, -0.1) is 0 Å². The van der Waals surface area contributed by atoms with Crippen LogP contribution in [0.25, 0.3) is 11.1 Å². The van der Waals surface area contributed by atoms with Gasteiger partial charge in [0.05, 0.1) is 6.61 Å². The van der Waals surface area contributed by atoms with Crippen molar-refractivity contribution in [3.63, 3.8) is 0 Å². The number of sulfonamides is 1. The molecule has 2 aliphatic heterocycles. The first-order valence-corrected chi connectivity index (χ1v) is 15.0. The lowest BCUT2D eigenvalue weighted by Gasteiger charge is -2.57. The standard InChI is InChI=1S/C31H40N3O3S/c1-22-10-8-11-27(23(22)2)25-13-15-26(16-14-25)31-28-20-33(18-6-7-19-34(28)29(31)21-37-5)38(35,36)30-12-9-17-32(4)24(30)3/h8-17,28-29,31H,6-7,18-21H2,1-5H3/q+1/t28?,29-,31+/m1/s1. The molecule has 0 aliphatic carbocycles. The van der Waals surface area contributed by atoms with Gasteiger partial charge in [0.1, 0.15) is 11.9 Å². The second kappa shape index (κ2) is 10.9. The van der Waals surface area contributed by atoms with Gasteiger partial charge in [-0.25, -0.2) is 13.0 Å². The molecule has 2 aromatic carbocycles. The van der Waals surface area contributed by atoms with Crippen molar-refractivity contribution in [3.05, 3.63) is 83.2 Å². The topological polar surface area (TPSA) is 53.7 Å². The highest BCUT2D eigenvalue weighted by molar-refractivity contribution is 7.89. The van der Waals surface area contributed by atoms with E-state index in [0.717, 1.165) is 25.1 Å². The van der Waals surface area contributed by atoms with Gasteiger partial charge in [-0.1, -0.05) is 42.5 Å². The van der Waals surface area contributed by atoms with Crippen LogP contribution in [0.15, 0.2) is 65.7 Å². The molecule has 6 nitrogen and oxygen atoms in total. The first kappa shape index (κ1) is 27.0. The molecule has 0 bridgehead atoms. The van der Waals surface area contributed by atoms with E-state index in [1.807, 2.05) is 30.8 Å². The molecule has 5 rings (SSSR count). The number of rotatable bonds is 6. The number of hydrogen-bond acceptors (Lipinski definition) is 4. The number of ether oxygens (including phenoxy) is 1. The van der Waals surface area contributed by atoms with Crippen LogP contribution < -0.4 is 4.57 Å². The molecule has 2 aliphatic rings. The summed E-state index contributed by atoms with van der Waals surface area (Å²) in [6, 6.07) is 19.3. The molecule has 2 saturated heterocycles. The molecule has 38 heavy (non-hydrogen) atoms. The van der Waals surface area contributed by atoms with E-state index in [1.54, 1.807) is 17.5 Å². The molecule has 0 amide bonds. The quantitative estimate of drug-likeness (QED) is 0.441. The Bertz CT molecular complexity index is 1400. The summed E-state index contributed by atoms with van der Waals surface area (Å²) in [5.74, 6) is 0.214. The zero-order valence-corrected chi connectivity index (χ0v) is 24.0. The Balaban J connectivity index is 1.46. The summed E-state index contributed by atoms with van der Waals surface area (Å²) < 4.78 is 37.0. The van der Waals surface area contributed by atoms with Gasteiger partial charge in [-0.2, -0.15) is 4.31 Å². The number of nitrogens with zero attached hydrogens (tertiary/aromatic N) is 3. The third-order valence-electron chi connectivity index (χ3n) is 8.75. The number of benzene rings is 2. The first-order chi connectivity index (χ1) is 18.2. The molecule has 1 unspecified atom stereocenters. The highest BCUT2D eigenvalue weighted by Gasteiger charge is 2.50. The van der Waals surface area contributed by atoms with E-state index in [4.69, 9.17) is 4.74 Å². The van der Waals surface area contributed by atoms with E-state index in [-0.39, 0.29) is 18.0 Å². The van der Waals surface area contributed by atoms with Gasteiger partial charge in [-0.3, -0.25) is 4.90 Å². The van der Waals surface area contributed by atoms with Gasteiger partial charge in [-0.05, 0) is 67.1 Å². The van der Waals surface area contributed by atoms with Gasteiger partial charge in [0, 0.05) is 51.2 Å². The molecule has 1 aromatic heterocycles. The van der Waals surface area contributed by atoms with Gasteiger partial charge in [0.2, 0.25) is 10.0 Å². The van der Waals surface area contributed by atoms with Gasteiger partial charge in [0.25, 0.3) is 0 Å². The fraction of sp³-hybridized carbons (Fsp3) is 0.452. The Morgan fingerprint density at radius 1 is 0.974 bits per heavy atom. The van der Waals surface area contributed by atoms with Crippen molar-refractivity contribution < 1.29 is 17.7 Å². The third kappa shape index (κ3) is 4.81. The summed E-state index contributed by atoms with van der Waals surface area (Å²) in [6.45, 7) is 8.86. The average Bonchev–Trinajstić information content (AvgIpc) is 2.88. The van der Waals surface area contributed by atoms with E-state index in [9.17, 15) is 8.42 Å². The minimum absolute atomic E-state index is 0.120. The summed E-state index contributed by atoms with van der Waals surface area (Å²) in [4.78, 5) is 2.88. The Hall–Kier alpha value is -2.58. The van der Waals surface area contributed by atoms with E-state index in [2.05, 4.69) is 61.2 Å². The lowest BCUT2D eigenvalue weighted by atomic mass is 9.74. The van der Waals surface area contributed by atoms with Crippen LogP contribution in [0.1, 0.15) is 41.1 Å². The molecule has 7 heteroatoms. The molecule has 0 N–H and O–H groups in total. The number of aryl methyl sites for hydroxylation is 2. The summed E-state index contributed by atoms with van der Waals surface area (Å²) in [6.07, 6.45) is 3.72. The highest BCUT2D eigenvalue weighted by Crippen LogP contribution is 2.43. The zero-order chi connectivity index (χ0) is 27.0. The minimum Gasteiger partial charge on any atom is -0.383 e. The highest BCUT2D eigenvalue weighted by atomic mass is 32.2. The lowest BCUT2D eigenvalue weighted by molar-refractivity contribution is -0.679. The summed E-state index contributed by atoms with van der Waals surface area (Å²) in [7, 11) is 0.0390. The van der Waals surface area contributed by atoms with Crippen LogP contribution in [0.5, 0.6) is 0 Å². The maximum absolute atomic E-state index is 13.9. The van der Waals surface area contributed by atoms with Crippen molar-refractivity contribution in [2.45, 2.75) is 56.5 Å². The van der Waals surface area contributed by atoms with E-state index >= 15 is 0 Å². The van der Waals surface area contributed by atoms with Crippen LogP contribution in [-0.4, -0.2) is 63.1 Å². The van der Waals surface area contributed by atoms with Crippen molar-refractivity contribution in [2.24, 2.45) is 7.05 Å². The van der Waals surface area contributed by atoms with Crippen LogP contribution in [0.3, 0.4) is 0 Å². The fourth-order valence-electron chi connectivity index (χ4n) is 6.30. The average molecular weight is 535 g/mol. The summed E-state index contributed by atoms with van der Waals surface area (Å²) >= 11 is 0. The lowest BCUT2D eigenvalue weighted by Crippen LogP contribution is -2.68. The van der Waals surface area contributed by atoms with E-state index in [0.29, 0.717) is 24.6 Å². The molecule has 3 atom stereocenters. The van der Waals surface area contributed by atoms with Crippen LogP contribution in [-0.2, 0) is 21.8 Å². The summed E-state index contributed by atoms with van der Waals surface area (Å²) in [5, 5.41) is 0. The number of aromatic nitrogens is 1. The molecule has 202 valence electrons. The van der Waals surface area contributed by atoms with Crippen LogP contribution in [0, 0.1) is 20.8 Å². The third-order valence-corrected chi connectivity index (χ3v) is 10.8. The normalized spacial score (nSPS) is 22.8. The van der Waals surface area contributed by atoms with Gasteiger partial charge in [0.15, 0.2) is 11.9 Å². The largest absolute Gasteiger partial charge is 0.383 e. The number of pyridine rings is 1. The SMILES string of the molecule is COC[C@@H]1[C@@H](c2ccc(-c3cccc(C)c3C)cc2)C2CN(S(=O)(=O)c3ccc[n+](C)c3C)CCCCN21. The zero-order valence-electron chi connectivity index (χ0n) is 23.2. The first-order valence-electron chi connectivity index (χ1n) is 13.6. The Morgan fingerprint density at radius 2 is 1.71 bits per heavy atom. The fourth-order valence-corrected chi connectivity index (χ4v) is 8.07. The Morgan fingerprint density at radius 3 is 2.45 bits per heavy atom. The van der Waals surface area contributed by atoms with Crippen LogP contribution >= 0.6 is 0 Å². The molecule has 0 saturated carbocycles. The second-order valence-corrected chi connectivity index (χ2v) is 12.8. The van der Waals surface area contributed by atoms with E-state index in [1.165, 1.54) is 27.8 Å². The van der Waals surface area contributed by atoms with Crippen molar-refractivity contribution in [3.8, 4) is 11.1 Å². The number of methoxy groups -OCH3 is 1. The molecule has 2 fully saturated rings. The molecule has 3 aromatic rings. The van der Waals surface area contributed by atoms with Crippen molar-refractivity contribution in [2.75, 3.05) is 33.4 Å². The number of hydrogen-bond donors (Lipinski definition) is 0. The van der Waals surface area contributed by atoms with Gasteiger partial charge >= 0.3 is 0 Å². The number of fused-ring (bicyclic) bond motifs is 1. The Labute approximate surface area is 227 Å². The molecular weight excluding hydrogens is 494 g/mol. The van der Waals surface area contributed by atoms with Crippen LogP contribution in [0.4, 0.5) is 0 Å². The molecule has 3 heterocycles. The van der Waals surface area contributed by atoms with Crippen molar-refractivity contribution >= 4 is 10.0 Å². The monoisotopic (exact) mass is 534 g/mol. The predicted octanol–water partition coefficient (Wildman–Crippen LogP) is 4.37. The maximum atomic E-state index is 13.9. The predicted molar refractivity (Wildman–Crippen MR) is 151 cm³/mol. The van der Waals surface area contributed by atoms with Crippen LogP contribution in [0.2, 0.25) is 0 Å². The second-order valence-electron chi connectivity index (χ2n) is 10.9. The van der Waals surface area contributed by atoms with Crippen molar-refractivity contribution in [1.82, 2.24) is 9.21 Å². The summed E-state index contributed by atoms with van der Waals surface area (Å²) in [5.41, 5.74) is 7.08. The minimum atomic E-state index is -3.61. The Kier molecular flexibility index (Phi) is 7.74. The molecule has 0 spiro atoms. The smallest absolute Gasteiger partial charge is 0.249 e. The maximum Gasteiger partial charge on any atom is 0.249 e. The molecular formula is C31H40N3O3S+. The van der Waals surface area contributed by atoms with E-state index < -0.39 is 10.0 Å².